The third-order valence-electron chi connectivity index (χ3n) is 4.57. The lowest BCUT2D eigenvalue weighted by Gasteiger charge is -2.36. The fourth-order valence-corrected chi connectivity index (χ4v) is 3.05. The number of para-hydroxylation sites is 1. The van der Waals surface area contributed by atoms with Crippen molar-refractivity contribution in [3.05, 3.63) is 60.2 Å². The Balaban J connectivity index is 1.70. The lowest BCUT2D eigenvalue weighted by atomic mass is 9.93. The van der Waals surface area contributed by atoms with Crippen molar-refractivity contribution in [3.63, 3.8) is 0 Å². The molecule has 2 unspecified atom stereocenters. The van der Waals surface area contributed by atoms with Crippen LogP contribution in [0.3, 0.4) is 0 Å². The van der Waals surface area contributed by atoms with Crippen LogP contribution in [0.25, 0.3) is 0 Å². The number of aliphatic carboxylic acids is 1. The molecule has 5 nitrogen and oxygen atoms in total. The van der Waals surface area contributed by atoms with Crippen molar-refractivity contribution < 1.29 is 19.4 Å². The monoisotopic (exact) mass is 339 g/mol. The van der Waals surface area contributed by atoms with Crippen molar-refractivity contribution in [1.29, 1.82) is 0 Å². The van der Waals surface area contributed by atoms with Crippen LogP contribution in [0.2, 0.25) is 0 Å². The van der Waals surface area contributed by atoms with E-state index in [2.05, 4.69) is 0 Å². The van der Waals surface area contributed by atoms with E-state index in [-0.39, 0.29) is 18.5 Å². The number of carboxylic acid groups (broad SMARTS) is 1. The summed E-state index contributed by atoms with van der Waals surface area (Å²) in [6.07, 6.45) is 1.32. The van der Waals surface area contributed by atoms with Gasteiger partial charge in [-0.2, -0.15) is 0 Å². The first-order valence-electron chi connectivity index (χ1n) is 8.41. The van der Waals surface area contributed by atoms with Gasteiger partial charge in [0.15, 0.2) is 0 Å². The van der Waals surface area contributed by atoms with Gasteiger partial charge in [-0.25, -0.2) is 0 Å². The highest BCUT2D eigenvalue weighted by molar-refractivity contribution is 5.95. The van der Waals surface area contributed by atoms with Gasteiger partial charge in [-0.1, -0.05) is 18.2 Å². The van der Waals surface area contributed by atoms with Crippen LogP contribution in [0.1, 0.15) is 30.1 Å². The van der Waals surface area contributed by atoms with Crippen LogP contribution < -0.4 is 4.74 Å². The minimum Gasteiger partial charge on any atom is -0.481 e. The third-order valence-corrected chi connectivity index (χ3v) is 4.57. The summed E-state index contributed by atoms with van der Waals surface area (Å²) in [7, 11) is 0. The maximum Gasteiger partial charge on any atom is 0.308 e. The Bertz CT molecular complexity index is 742. The average Bonchev–Trinajstić information content (AvgIpc) is 2.63. The molecule has 0 aliphatic carbocycles. The van der Waals surface area contributed by atoms with E-state index in [1.807, 2.05) is 37.3 Å². The van der Waals surface area contributed by atoms with Crippen LogP contribution in [0.5, 0.6) is 11.5 Å². The van der Waals surface area contributed by atoms with Crippen LogP contribution in [0.4, 0.5) is 0 Å². The molecule has 2 aromatic rings. The van der Waals surface area contributed by atoms with Gasteiger partial charge in [0, 0.05) is 18.2 Å². The maximum absolute atomic E-state index is 12.7. The van der Waals surface area contributed by atoms with Crippen LogP contribution in [-0.4, -0.2) is 34.5 Å². The molecule has 0 spiro atoms. The summed E-state index contributed by atoms with van der Waals surface area (Å²) in [6.45, 7) is 2.22. The van der Waals surface area contributed by atoms with Crippen LogP contribution >= 0.6 is 0 Å². The van der Waals surface area contributed by atoms with E-state index < -0.39 is 11.9 Å². The van der Waals surface area contributed by atoms with Gasteiger partial charge in [0.25, 0.3) is 5.91 Å². The van der Waals surface area contributed by atoms with Gasteiger partial charge in [-0.15, -0.1) is 0 Å². The van der Waals surface area contributed by atoms with E-state index in [9.17, 15) is 14.7 Å². The van der Waals surface area contributed by atoms with Crippen molar-refractivity contribution >= 4 is 11.9 Å². The molecule has 0 bridgehead atoms. The zero-order valence-electron chi connectivity index (χ0n) is 14.1. The molecule has 130 valence electrons. The summed E-state index contributed by atoms with van der Waals surface area (Å²) in [6, 6.07) is 16.4. The molecule has 1 N–H and O–H groups in total. The number of carboxylic acids is 1. The van der Waals surface area contributed by atoms with Gasteiger partial charge in [-0.3, -0.25) is 9.59 Å². The summed E-state index contributed by atoms with van der Waals surface area (Å²) in [4.78, 5) is 25.6. The fourth-order valence-electron chi connectivity index (χ4n) is 3.05. The number of piperidine rings is 1. The molecular weight excluding hydrogens is 318 g/mol. The van der Waals surface area contributed by atoms with Crippen LogP contribution in [-0.2, 0) is 4.79 Å². The molecule has 2 atom stereocenters. The highest BCUT2D eigenvalue weighted by Crippen LogP contribution is 2.25. The highest BCUT2D eigenvalue weighted by atomic mass is 16.5. The van der Waals surface area contributed by atoms with Gasteiger partial charge in [0.1, 0.15) is 11.5 Å². The second-order valence-corrected chi connectivity index (χ2v) is 6.36. The number of carbonyl (C=O) groups is 2. The number of nitrogens with zero attached hydrogens (tertiary/aromatic N) is 1. The Morgan fingerprint density at radius 2 is 1.64 bits per heavy atom. The Morgan fingerprint density at radius 1 is 1.00 bits per heavy atom. The van der Waals surface area contributed by atoms with E-state index in [1.54, 1.807) is 29.2 Å². The summed E-state index contributed by atoms with van der Waals surface area (Å²) in [5, 5.41) is 9.22. The molecule has 1 fully saturated rings. The first-order valence-corrected chi connectivity index (χ1v) is 8.41. The molecule has 1 heterocycles. The summed E-state index contributed by atoms with van der Waals surface area (Å²) >= 11 is 0. The van der Waals surface area contributed by atoms with Gasteiger partial charge >= 0.3 is 5.97 Å². The number of likely N-dealkylation sites (tertiary alicyclic amines) is 1. The molecule has 0 aromatic heterocycles. The van der Waals surface area contributed by atoms with E-state index in [0.717, 1.165) is 5.75 Å². The first kappa shape index (κ1) is 17.0. The summed E-state index contributed by atoms with van der Waals surface area (Å²) < 4.78 is 5.73. The molecule has 2 aromatic carbocycles. The molecule has 1 saturated heterocycles. The minimum absolute atomic E-state index is 0.0448. The van der Waals surface area contributed by atoms with Crippen LogP contribution in [0, 0.1) is 5.92 Å². The molecule has 25 heavy (non-hydrogen) atoms. The summed E-state index contributed by atoms with van der Waals surface area (Å²) in [5.41, 5.74) is 0.540. The SMILES string of the molecule is CC1CCC(C(=O)O)CN1C(=O)c1ccc(Oc2ccccc2)cc1. The number of rotatable bonds is 4. The molecule has 1 aliphatic rings. The number of hydrogen-bond acceptors (Lipinski definition) is 3. The molecule has 0 saturated carbocycles. The quantitative estimate of drug-likeness (QED) is 0.920. The normalized spacial score (nSPS) is 20.1. The zero-order chi connectivity index (χ0) is 17.8. The van der Waals surface area contributed by atoms with Crippen molar-refractivity contribution in [2.45, 2.75) is 25.8 Å². The van der Waals surface area contributed by atoms with E-state index in [1.165, 1.54) is 0 Å². The topological polar surface area (TPSA) is 66.8 Å². The Labute approximate surface area is 146 Å². The Hall–Kier alpha value is -2.82. The molecule has 3 rings (SSSR count). The number of hydrogen-bond donors (Lipinski definition) is 1. The lowest BCUT2D eigenvalue weighted by molar-refractivity contribution is -0.143. The van der Waals surface area contributed by atoms with Crippen molar-refractivity contribution in [2.24, 2.45) is 5.92 Å². The Morgan fingerprint density at radius 3 is 2.28 bits per heavy atom. The second kappa shape index (κ2) is 7.38. The predicted molar refractivity (Wildman–Crippen MR) is 93.8 cm³/mol. The van der Waals surface area contributed by atoms with Gasteiger partial charge in [-0.05, 0) is 56.2 Å². The van der Waals surface area contributed by atoms with E-state index in [0.29, 0.717) is 24.2 Å². The summed E-state index contributed by atoms with van der Waals surface area (Å²) in [5.74, 6) is -0.0739. The third kappa shape index (κ3) is 3.99. The maximum atomic E-state index is 12.7. The number of benzene rings is 2. The largest absolute Gasteiger partial charge is 0.481 e. The van der Waals surface area contributed by atoms with Gasteiger partial charge in [0.2, 0.25) is 0 Å². The van der Waals surface area contributed by atoms with E-state index >= 15 is 0 Å². The Kier molecular flexibility index (Phi) is 5.03. The van der Waals surface area contributed by atoms with Gasteiger partial charge in [0.05, 0.1) is 5.92 Å². The number of ether oxygens (including phenoxy) is 1. The smallest absolute Gasteiger partial charge is 0.308 e. The first-order chi connectivity index (χ1) is 12.0. The number of amides is 1. The van der Waals surface area contributed by atoms with Gasteiger partial charge < -0.3 is 14.7 Å². The standard InChI is InChI=1S/C20H21NO4/c1-14-7-8-16(20(23)24)13-21(14)19(22)15-9-11-18(12-10-15)25-17-5-3-2-4-6-17/h2-6,9-12,14,16H,7-8,13H2,1H3,(H,23,24). The number of carbonyl (C=O) groups excluding carboxylic acids is 1. The highest BCUT2D eigenvalue weighted by Gasteiger charge is 2.32. The van der Waals surface area contributed by atoms with Crippen molar-refractivity contribution in [1.82, 2.24) is 4.90 Å². The van der Waals surface area contributed by atoms with Crippen LogP contribution in [0.15, 0.2) is 54.6 Å². The minimum atomic E-state index is -0.837. The fraction of sp³-hybridized carbons (Fsp3) is 0.300. The molecule has 1 aliphatic heterocycles. The van der Waals surface area contributed by atoms with E-state index in [4.69, 9.17) is 4.74 Å². The lowest BCUT2D eigenvalue weighted by Crippen LogP contribution is -2.47. The van der Waals surface area contributed by atoms with Crippen molar-refractivity contribution in [3.8, 4) is 11.5 Å². The molecule has 1 amide bonds. The second-order valence-electron chi connectivity index (χ2n) is 6.36. The molecule has 5 heteroatoms. The van der Waals surface area contributed by atoms with Crippen molar-refractivity contribution in [2.75, 3.05) is 6.54 Å². The average molecular weight is 339 g/mol. The predicted octanol–water partition coefficient (Wildman–Crippen LogP) is 3.80. The molecular formula is C20H21NO4. The zero-order valence-corrected chi connectivity index (χ0v) is 14.1. The molecule has 0 radical (unpaired) electrons.